The maximum absolute atomic E-state index is 5.89. The molecule has 0 aliphatic rings. The number of nitrogens with zero attached hydrogens (tertiary/aromatic N) is 2. The molecule has 0 saturated heterocycles. The van der Waals surface area contributed by atoms with Crippen molar-refractivity contribution in [3.63, 3.8) is 0 Å². The summed E-state index contributed by atoms with van der Waals surface area (Å²) < 4.78 is 0. The highest BCUT2D eigenvalue weighted by Gasteiger charge is 2.02. The van der Waals surface area contributed by atoms with E-state index in [1.54, 1.807) is 18.6 Å². The Balaban J connectivity index is 2.53. The maximum atomic E-state index is 5.89. The molecule has 0 fully saturated rings. The van der Waals surface area contributed by atoms with Gasteiger partial charge in [-0.1, -0.05) is 12.1 Å². The van der Waals surface area contributed by atoms with Crippen molar-refractivity contribution in [3.05, 3.63) is 42.4 Å². The zero-order chi connectivity index (χ0) is 9.97. The van der Waals surface area contributed by atoms with Crippen LogP contribution in [-0.4, -0.2) is 9.97 Å². The molecule has 0 bridgehead atoms. The summed E-state index contributed by atoms with van der Waals surface area (Å²) in [6, 6.07) is 5.92. The van der Waals surface area contributed by atoms with Gasteiger partial charge >= 0.3 is 0 Å². The molecule has 1 aromatic heterocycles. The van der Waals surface area contributed by atoms with Crippen LogP contribution >= 0.6 is 0 Å². The molecule has 0 aliphatic carbocycles. The van der Waals surface area contributed by atoms with Crippen LogP contribution in [0.15, 0.2) is 36.8 Å². The van der Waals surface area contributed by atoms with E-state index >= 15 is 0 Å². The standard InChI is InChI=1S/C11H11N3/c1-8-2-3-9(10(12)6-8)11-7-13-4-5-14-11/h2-7H,12H2,1H3. The quantitative estimate of drug-likeness (QED) is 0.691. The van der Waals surface area contributed by atoms with Crippen LogP contribution in [0.5, 0.6) is 0 Å². The van der Waals surface area contributed by atoms with Crippen molar-refractivity contribution in [2.75, 3.05) is 5.73 Å². The molecule has 0 atom stereocenters. The van der Waals surface area contributed by atoms with Gasteiger partial charge in [-0.15, -0.1) is 0 Å². The topological polar surface area (TPSA) is 51.8 Å². The Labute approximate surface area is 82.6 Å². The fourth-order valence-corrected chi connectivity index (χ4v) is 1.35. The third kappa shape index (κ3) is 1.57. The van der Waals surface area contributed by atoms with Crippen LogP contribution in [-0.2, 0) is 0 Å². The lowest BCUT2D eigenvalue weighted by Crippen LogP contribution is -1.92. The minimum atomic E-state index is 0.741. The smallest absolute Gasteiger partial charge is 0.0905 e. The third-order valence-corrected chi connectivity index (χ3v) is 2.05. The molecule has 0 spiro atoms. The summed E-state index contributed by atoms with van der Waals surface area (Å²) in [5, 5.41) is 0. The predicted octanol–water partition coefficient (Wildman–Crippen LogP) is 2.03. The molecule has 1 aromatic carbocycles. The van der Waals surface area contributed by atoms with Gasteiger partial charge in [0.15, 0.2) is 0 Å². The van der Waals surface area contributed by atoms with Crippen molar-refractivity contribution >= 4 is 5.69 Å². The third-order valence-electron chi connectivity index (χ3n) is 2.05. The van der Waals surface area contributed by atoms with E-state index < -0.39 is 0 Å². The number of hydrogen-bond acceptors (Lipinski definition) is 3. The summed E-state index contributed by atoms with van der Waals surface area (Å²) in [7, 11) is 0. The van der Waals surface area contributed by atoms with E-state index in [2.05, 4.69) is 9.97 Å². The molecule has 0 unspecified atom stereocenters. The SMILES string of the molecule is Cc1ccc(-c2cnccn2)c(N)c1. The maximum Gasteiger partial charge on any atom is 0.0905 e. The molecule has 0 saturated carbocycles. The predicted molar refractivity (Wildman–Crippen MR) is 56.6 cm³/mol. The largest absolute Gasteiger partial charge is 0.398 e. The summed E-state index contributed by atoms with van der Waals surface area (Å²) in [5.74, 6) is 0. The fraction of sp³-hybridized carbons (Fsp3) is 0.0909. The van der Waals surface area contributed by atoms with Gasteiger partial charge in [-0.05, 0) is 18.6 Å². The van der Waals surface area contributed by atoms with Crippen molar-refractivity contribution in [3.8, 4) is 11.3 Å². The van der Waals surface area contributed by atoms with Gasteiger partial charge in [0.1, 0.15) is 0 Å². The molecule has 2 N–H and O–H groups in total. The van der Waals surface area contributed by atoms with Crippen LogP contribution in [0.2, 0.25) is 0 Å². The molecule has 0 amide bonds. The number of hydrogen-bond donors (Lipinski definition) is 1. The molecule has 3 heteroatoms. The van der Waals surface area contributed by atoms with Gasteiger partial charge in [0, 0.05) is 23.6 Å². The Kier molecular flexibility index (Phi) is 2.14. The van der Waals surface area contributed by atoms with Crippen LogP contribution < -0.4 is 5.73 Å². The van der Waals surface area contributed by atoms with E-state index in [1.165, 1.54) is 0 Å². The Morgan fingerprint density at radius 2 is 2.07 bits per heavy atom. The van der Waals surface area contributed by atoms with Gasteiger partial charge in [-0.2, -0.15) is 0 Å². The average molecular weight is 185 g/mol. The van der Waals surface area contributed by atoms with E-state index in [0.29, 0.717) is 0 Å². The van der Waals surface area contributed by atoms with Crippen LogP contribution in [0, 0.1) is 6.92 Å². The summed E-state index contributed by atoms with van der Waals surface area (Å²) in [6.45, 7) is 2.01. The van der Waals surface area contributed by atoms with Gasteiger partial charge in [-0.25, -0.2) is 0 Å². The molecule has 2 aromatic rings. The second-order valence-electron chi connectivity index (χ2n) is 3.18. The van der Waals surface area contributed by atoms with Gasteiger partial charge in [0.25, 0.3) is 0 Å². The van der Waals surface area contributed by atoms with Gasteiger partial charge < -0.3 is 5.73 Å². The number of rotatable bonds is 1. The molecule has 1 heterocycles. The second-order valence-corrected chi connectivity index (χ2v) is 3.18. The monoisotopic (exact) mass is 185 g/mol. The van der Waals surface area contributed by atoms with E-state index in [4.69, 9.17) is 5.73 Å². The highest BCUT2D eigenvalue weighted by Crippen LogP contribution is 2.23. The molecule has 14 heavy (non-hydrogen) atoms. The molecule has 0 radical (unpaired) electrons. The summed E-state index contributed by atoms with van der Waals surface area (Å²) in [5.41, 5.74) is 9.52. The first kappa shape index (κ1) is 8.69. The van der Waals surface area contributed by atoms with E-state index in [1.807, 2.05) is 25.1 Å². The van der Waals surface area contributed by atoms with Crippen LogP contribution in [0.4, 0.5) is 5.69 Å². The summed E-state index contributed by atoms with van der Waals surface area (Å²) in [6.07, 6.45) is 5.02. The van der Waals surface area contributed by atoms with Crippen molar-refractivity contribution in [1.82, 2.24) is 9.97 Å². The van der Waals surface area contributed by atoms with Crippen LogP contribution in [0.25, 0.3) is 11.3 Å². The highest BCUT2D eigenvalue weighted by molar-refractivity contribution is 5.73. The molecule has 3 nitrogen and oxygen atoms in total. The van der Waals surface area contributed by atoms with Crippen molar-refractivity contribution in [1.29, 1.82) is 0 Å². The molecular formula is C11H11N3. The second kappa shape index (κ2) is 3.46. The normalized spacial score (nSPS) is 10.1. The Morgan fingerprint density at radius 3 is 2.71 bits per heavy atom. The lowest BCUT2D eigenvalue weighted by molar-refractivity contribution is 1.21. The van der Waals surface area contributed by atoms with Gasteiger partial charge in [-0.3, -0.25) is 9.97 Å². The number of nitrogens with two attached hydrogens (primary N) is 1. The first-order valence-electron chi connectivity index (χ1n) is 4.40. The number of anilines is 1. The lowest BCUT2D eigenvalue weighted by atomic mass is 10.1. The van der Waals surface area contributed by atoms with Crippen LogP contribution in [0.1, 0.15) is 5.56 Å². The van der Waals surface area contributed by atoms with Crippen molar-refractivity contribution in [2.45, 2.75) is 6.92 Å². The number of aryl methyl sites for hydroxylation is 1. The molecule has 0 aliphatic heterocycles. The lowest BCUT2D eigenvalue weighted by Gasteiger charge is -2.04. The van der Waals surface area contributed by atoms with Gasteiger partial charge in [0.2, 0.25) is 0 Å². The van der Waals surface area contributed by atoms with E-state index in [0.717, 1.165) is 22.5 Å². The van der Waals surface area contributed by atoms with Gasteiger partial charge in [0.05, 0.1) is 11.9 Å². The Bertz CT molecular complexity index is 438. The zero-order valence-electron chi connectivity index (χ0n) is 7.94. The minimum Gasteiger partial charge on any atom is -0.398 e. The Morgan fingerprint density at radius 1 is 1.21 bits per heavy atom. The fourth-order valence-electron chi connectivity index (χ4n) is 1.35. The van der Waals surface area contributed by atoms with Crippen molar-refractivity contribution in [2.24, 2.45) is 0 Å². The van der Waals surface area contributed by atoms with E-state index in [-0.39, 0.29) is 0 Å². The average Bonchev–Trinajstić information content (AvgIpc) is 2.19. The van der Waals surface area contributed by atoms with Crippen LogP contribution in [0.3, 0.4) is 0 Å². The molecule has 2 rings (SSSR count). The zero-order valence-corrected chi connectivity index (χ0v) is 7.94. The minimum absolute atomic E-state index is 0.741. The summed E-state index contributed by atoms with van der Waals surface area (Å²) >= 11 is 0. The highest BCUT2D eigenvalue weighted by atomic mass is 14.8. The first-order valence-corrected chi connectivity index (χ1v) is 4.40. The van der Waals surface area contributed by atoms with Crippen molar-refractivity contribution < 1.29 is 0 Å². The first-order chi connectivity index (χ1) is 6.77. The number of benzene rings is 1. The number of aromatic nitrogens is 2. The Hall–Kier alpha value is -1.90. The number of nitrogen functional groups attached to an aromatic ring is 1. The summed E-state index contributed by atoms with van der Waals surface area (Å²) in [4.78, 5) is 8.20. The molecule has 70 valence electrons. The molecular weight excluding hydrogens is 174 g/mol. The van der Waals surface area contributed by atoms with E-state index in [9.17, 15) is 0 Å².